The predicted octanol–water partition coefficient (Wildman–Crippen LogP) is 6.20. The quantitative estimate of drug-likeness (QED) is 0.0333. The largest absolute Gasteiger partial charge is 0.448 e. The first kappa shape index (κ1) is 53.4. The maximum atomic E-state index is 13.7. The number of nitrogens with one attached hydrogen (secondary N) is 4. The van der Waals surface area contributed by atoms with Gasteiger partial charge in [0.15, 0.2) is 33.6 Å². The molecule has 7 rings (SSSR count). The van der Waals surface area contributed by atoms with Crippen molar-refractivity contribution in [3.05, 3.63) is 94.5 Å². The van der Waals surface area contributed by atoms with E-state index in [2.05, 4.69) is 105 Å². The van der Waals surface area contributed by atoms with E-state index in [4.69, 9.17) is 23.9 Å². The maximum absolute atomic E-state index is 13.7. The number of rotatable bonds is 18. The molecule has 2 aliphatic heterocycles. The van der Waals surface area contributed by atoms with Gasteiger partial charge in [0.25, 0.3) is 17.6 Å². The van der Waals surface area contributed by atoms with Crippen LogP contribution in [0.1, 0.15) is 94.5 Å². The van der Waals surface area contributed by atoms with E-state index in [0.717, 1.165) is 28.9 Å². The molecule has 384 valence electrons. The summed E-state index contributed by atoms with van der Waals surface area (Å²) in [6, 6.07) is 21.0. The van der Waals surface area contributed by atoms with Crippen LogP contribution in [0.15, 0.2) is 71.9 Å². The smallest absolute Gasteiger partial charge is 0.407 e. The van der Waals surface area contributed by atoms with Crippen molar-refractivity contribution >= 4 is 52.6 Å². The van der Waals surface area contributed by atoms with Gasteiger partial charge in [0.05, 0.1) is 25.7 Å². The molecule has 5 aromatic rings. The predicted molar refractivity (Wildman–Crippen MR) is 278 cm³/mol. The van der Waals surface area contributed by atoms with Crippen LogP contribution >= 0.6 is 11.8 Å². The lowest BCUT2D eigenvalue weighted by Gasteiger charge is -2.39. The van der Waals surface area contributed by atoms with Crippen molar-refractivity contribution in [1.29, 1.82) is 0 Å². The molecule has 1 fully saturated rings. The highest BCUT2D eigenvalue weighted by atomic mass is 32.2. The Kier molecular flexibility index (Phi) is 18.2. The van der Waals surface area contributed by atoms with Gasteiger partial charge in [0.2, 0.25) is 5.91 Å². The Bertz CT molecular complexity index is 2870. The highest BCUT2D eigenvalue weighted by Crippen LogP contribution is 2.44. The highest BCUT2D eigenvalue weighted by molar-refractivity contribution is 7.99. The Morgan fingerprint density at radius 2 is 1.48 bits per heavy atom. The maximum Gasteiger partial charge on any atom is 0.407 e. The Labute approximate surface area is 430 Å². The van der Waals surface area contributed by atoms with Crippen LogP contribution in [-0.4, -0.2) is 123 Å². The zero-order valence-electron chi connectivity index (χ0n) is 42.6. The lowest BCUT2D eigenvalue weighted by atomic mass is 9.86. The Balaban J connectivity index is 0.788. The Morgan fingerprint density at radius 3 is 2.14 bits per heavy atom. The first-order chi connectivity index (χ1) is 35.1. The minimum atomic E-state index is -0.850. The number of thioether (sulfide) groups is 1. The second kappa shape index (κ2) is 24.9. The molecule has 19 heteroatoms. The third-order valence-electron chi connectivity index (χ3n) is 11.6. The summed E-state index contributed by atoms with van der Waals surface area (Å²) in [6.07, 6.45) is 1.51. The van der Waals surface area contributed by atoms with Gasteiger partial charge < -0.3 is 45.1 Å². The monoisotopic (exact) mass is 1010 g/mol. The van der Waals surface area contributed by atoms with E-state index in [1.807, 2.05) is 56.9 Å². The zero-order chi connectivity index (χ0) is 52.0. The number of anilines is 1. The topological polar surface area (TPSA) is 213 Å². The molecule has 1 spiro atoms. The first-order valence-electron chi connectivity index (χ1n) is 24.7. The second-order valence-corrected chi connectivity index (χ2v) is 20.1. The average molecular weight is 1010 g/mol. The van der Waals surface area contributed by atoms with Crippen LogP contribution in [0.5, 0.6) is 11.5 Å². The van der Waals surface area contributed by atoms with Gasteiger partial charge in [0, 0.05) is 80.8 Å². The van der Waals surface area contributed by atoms with Crippen LogP contribution in [0.25, 0.3) is 11.2 Å². The lowest BCUT2D eigenvalue weighted by molar-refractivity contribution is -0.148. The number of ether oxygens (including phenoxy) is 4. The van der Waals surface area contributed by atoms with Gasteiger partial charge in [-0.25, -0.2) is 19.4 Å². The van der Waals surface area contributed by atoms with Gasteiger partial charge in [-0.05, 0) is 81.5 Å². The fourth-order valence-electron chi connectivity index (χ4n) is 8.00. The Morgan fingerprint density at radius 1 is 0.822 bits per heavy atom. The van der Waals surface area contributed by atoms with E-state index in [-0.39, 0.29) is 44.0 Å². The molecule has 2 aliphatic rings. The van der Waals surface area contributed by atoms with Crippen LogP contribution < -0.4 is 30.7 Å². The number of hydrogen-bond acceptors (Lipinski definition) is 14. The molecule has 0 aliphatic carbocycles. The molecule has 1 atom stereocenters. The van der Waals surface area contributed by atoms with Gasteiger partial charge >= 0.3 is 6.09 Å². The van der Waals surface area contributed by atoms with Crippen molar-refractivity contribution in [3.8, 4) is 35.2 Å². The molecule has 18 nitrogen and oxygen atoms in total. The van der Waals surface area contributed by atoms with Crippen molar-refractivity contribution in [2.24, 2.45) is 5.92 Å². The molecule has 73 heavy (non-hydrogen) atoms. The molecule has 0 saturated carbocycles. The number of aromatic nitrogens is 5. The van der Waals surface area contributed by atoms with E-state index in [9.17, 15) is 19.2 Å². The summed E-state index contributed by atoms with van der Waals surface area (Å²) < 4.78 is 25.2. The third kappa shape index (κ3) is 15.3. The van der Waals surface area contributed by atoms with Crippen LogP contribution in [0.4, 0.5) is 10.6 Å². The molecule has 2 aromatic heterocycles. The van der Waals surface area contributed by atoms with Crippen LogP contribution in [-0.2, 0) is 30.4 Å². The summed E-state index contributed by atoms with van der Waals surface area (Å²) in [7, 11) is 0. The van der Waals surface area contributed by atoms with Crippen molar-refractivity contribution in [3.63, 3.8) is 0 Å². The summed E-state index contributed by atoms with van der Waals surface area (Å²) in [5, 5.41) is 20.7. The molecule has 4 heterocycles. The number of likely N-dealkylation sites (tertiary alicyclic amines) is 1. The molecule has 4 N–H and O–H groups in total. The number of piperidine rings is 1. The summed E-state index contributed by atoms with van der Waals surface area (Å²) in [5.74, 6) is 11.8. The lowest BCUT2D eigenvalue weighted by Crippen LogP contribution is -2.52. The van der Waals surface area contributed by atoms with E-state index < -0.39 is 29.3 Å². The molecular weight excluding hydrogens is 949 g/mol. The number of aryl methyl sites for hydroxylation is 1. The standard InChI is InChI=1S/C54H64N10O8S/c1-8-33-73-51-59-48(57-25-26-58-52(68)72-53(5,6)7)47-49(60-51)64(62-61-47)35-40-13-11-38(12-14-40)16-21-44(65)55-27-31-69-32-28-56-45(66)22-17-39-15-20-42-43(34-39)71-54(70-42)23-29-63(30-24-54)50(67)46(36(2)3)41-18-9-37(4)10-19-41/h9-15,18-20,34,36,46H,8,23-33,35H2,1-7H3,(H,55,65)(H,56,66)(H,58,68)(H,57,59,60)/t46-/m0/s1. The summed E-state index contributed by atoms with van der Waals surface area (Å²) >= 11 is 1.54. The summed E-state index contributed by atoms with van der Waals surface area (Å²) in [6.45, 7) is 16.8. The summed E-state index contributed by atoms with van der Waals surface area (Å²) in [4.78, 5) is 62.0. The Hall–Kier alpha value is -7.35. The number of fused-ring (bicyclic) bond motifs is 2. The number of hydrogen-bond donors (Lipinski definition) is 4. The van der Waals surface area contributed by atoms with Gasteiger partial charge in [0.1, 0.15) is 5.60 Å². The van der Waals surface area contributed by atoms with Crippen LogP contribution in [0, 0.1) is 36.5 Å². The molecule has 3 aromatic carbocycles. The van der Waals surface area contributed by atoms with Crippen molar-refractivity contribution < 1.29 is 38.1 Å². The fourth-order valence-corrected chi connectivity index (χ4v) is 8.69. The number of carbonyl (C=O) groups is 4. The van der Waals surface area contributed by atoms with E-state index in [0.29, 0.717) is 90.3 Å². The fraction of sp³-hybridized carbons (Fsp3) is 0.444. The molecule has 0 radical (unpaired) electrons. The van der Waals surface area contributed by atoms with Gasteiger partial charge in [-0.1, -0.05) is 91.5 Å². The van der Waals surface area contributed by atoms with Crippen LogP contribution in [0.3, 0.4) is 0 Å². The number of carbonyl (C=O) groups excluding carboxylic acids is 4. The third-order valence-corrected chi connectivity index (χ3v) is 12.6. The van der Waals surface area contributed by atoms with Gasteiger partial charge in [-0.15, -0.1) is 5.10 Å². The first-order valence-corrected chi connectivity index (χ1v) is 25.6. The number of nitrogens with zero attached hydrogens (tertiary/aromatic N) is 6. The van der Waals surface area contributed by atoms with Crippen molar-refractivity contribution in [2.75, 3.05) is 63.6 Å². The minimum Gasteiger partial charge on any atom is -0.448 e. The minimum absolute atomic E-state index is 0.122. The van der Waals surface area contributed by atoms with E-state index in [1.54, 1.807) is 22.9 Å². The van der Waals surface area contributed by atoms with E-state index >= 15 is 0 Å². The van der Waals surface area contributed by atoms with E-state index in [1.165, 1.54) is 11.8 Å². The SMILES string of the molecule is CCCSc1nc(NCCNC(=O)OC(C)(C)C)c2nnn(Cc3ccc(C#CC(=O)NCCOCCNC(=O)C#Cc4ccc5c(c4)OC4(CCN(C(=O)[C@H](c6ccc(C)cc6)C(C)C)CC4)O5)cc3)c2n1. The van der Waals surface area contributed by atoms with Crippen LogP contribution in [0.2, 0.25) is 0 Å². The van der Waals surface area contributed by atoms with Gasteiger partial charge in [-0.3, -0.25) is 14.4 Å². The molecule has 1 saturated heterocycles. The molecule has 4 amide bonds. The molecule has 0 bridgehead atoms. The zero-order valence-corrected chi connectivity index (χ0v) is 43.4. The molecule has 0 unspecified atom stereocenters. The molecular formula is C54H64N10O8S. The number of benzene rings is 3. The van der Waals surface area contributed by atoms with Crippen molar-refractivity contribution in [1.82, 2.24) is 45.8 Å². The highest BCUT2D eigenvalue weighted by Gasteiger charge is 2.46. The normalized spacial score (nSPS) is 13.9. The second-order valence-electron chi connectivity index (χ2n) is 19.0. The number of amides is 4. The summed E-state index contributed by atoms with van der Waals surface area (Å²) in [5.41, 5.74) is 4.87. The van der Waals surface area contributed by atoms with Crippen molar-refractivity contribution in [2.45, 2.75) is 96.7 Å². The average Bonchev–Trinajstić information content (AvgIpc) is 3.93. The number of alkyl carbamates (subject to hydrolysis) is 1. The van der Waals surface area contributed by atoms with Gasteiger partial charge in [-0.2, -0.15) is 0 Å².